The maximum atomic E-state index is 12.6. The third-order valence-corrected chi connectivity index (χ3v) is 4.55. The number of carbonyl (C=O) groups is 1. The van der Waals surface area contributed by atoms with Crippen LogP contribution < -0.4 is 33.7 Å². The van der Waals surface area contributed by atoms with Crippen molar-refractivity contribution >= 4 is 27.9 Å². The number of urea groups is 1. The minimum Gasteiger partial charge on any atom is -0.481 e. The largest absolute Gasteiger partial charge is 1.00 e. The summed E-state index contributed by atoms with van der Waals surface area (Å²) in [5.41, 5.74) is 0.00282. The molecule has 0 unspecified atom stereocenters. The molecule has 2 amide bonds. The van der Waals surface area contributed by atoms with E-state index in [1.54, 1.807) is 0 Å². The van der Waals surface area contributed by atoms with Crippen molar-refractivity contribution in [1.82, 2.24) is 15.0 Å². The van der Waals surface area contributed by atoms with E-state index in [1.165, 1.54) is 38.6 Å². The Balaban J connectivity index is 0.00000320. The Kier molecular flexibility index (Phi) is 7.81. The summed E-state index contributed by atoms with van der Waals surface area (Å²) < 4.78 is 43.6. The number of rotatable bonds is 6. The fourth-order valence-corrected chi connectivity index (χ4v) is 3.11. The molecule has 0 saturated heterocycles. The van der Waals surface area contributed by atoms with Gasteiger partial charge in [-0.15, -0.1) is 0 Å². The van der Waals surface area contributed by atoms with E-state index in [-0.39, 0.29) is 61.2 Å². The van der Waals surface area contributed by atoms with Crippen molar-refractivity contribution in [2.75, 3.05) is 32.8 Å². The normalized spacial score (nSPS) is 12.9. The molecular formula is C15H15LiN6O7S. The summed E-state index contributed by atoms with van der Waals surface area (Å²) in [5.74, 6) is -0.164. The minimum absolute atomic E-state index is 0. The Labute approximate surface area is 183 Å². The molecule has 0 fully saturated rings. The second-order valence-electron chi connectivity index (χ2n) is 5.21. The molecule has 3 rings (SSSR count). The van der Waals surface area contributed by atoms with Crippen molar-refractivity contribution in [3.8, 4) is 11.8 Å². The maximum absolute atomic E-state index is 12.6. The molecule has 30 heavy (non-hydrogen) atoms. The summed E-state index contributed by atoms with van der Waals surface area (Å²) in [4.78, 5) is 28.6. The number of ether oxygens (including phenoxy) is 3. The van der Waals surface area contributed by atoms with Gasteiger partial charge in [0.25, 0.3) is 5.90 Å². The molecule has 1 aliphatic rings. The van der Waals surface area contributed by atoms with E-state index in [2.05, 4.69) is 30.1 Å². The summed E-state index contributed by atoms with van der Waals surface area (Å²) in [6.07, 6.45) is 1.23. The smallest absolute Gasteiger partial charge is 0.481 e. The third kappa shape index (κ3) is 5.50. The van der Waals surface area contributed by atoms with Gasteiger partial charge < -0.3 is 29.1 Å². The van der Waals surface area contributed by atoms with Gasteiger partial charge in [0.15, 0.2) is 23.6 Å². The van der Waals surface area contributed by atoms with Crippen molar-refractivity contribution in [3.63, 3.8) is 0 Å². The number of sulfonamides is 1. The van der Waals surface area contributed by atoms with Crippen LogP contribution in [0.15, 0.2) is 34.6 Å². The van der Waals surface area contributed by atoms with Crippen LogP contribution in [0, 0.1) is 0 Å². The van der Waals surface area contributed by atoms with Gasteiger partial charge in [-0.3, -0.25) is 4.79 Å². The van der Waals surface area contributed by atoms with Crippen molar-refractivity contribution in [2.24, 2.45) is 5.16 Å². The van der Waals surface area contributed by atoms with E-state index in [9.17, 15) is 13.2 Å². The molecule has 0 radical (unpaired) electrons. The predicted octanol–water partition coefficient (Wildman–Crippen LogP) is -2.10. The SMILES string of the molecule is COc1cc(OC)nc(NC(=O)[N-]S(=O)(=O)c2ncccc2C2=NOCCO2)n1.[Li+]. The van der Waals surface area contributed by atoms with Crippen LogP contribution in [0.25, 0.3) is 4.72 Å². The Morgan fingerprint density at radius 2 is 1.90 bits per heavy atom. The number of hydrogen-bond acceptors (Lipinski definition) is 11. The van der Waals surface area contributed by atoms with Crippen LogP contribution >= 0.6 is 0 Å². The first-order chi connectivity index (χ1) is 13.9. The average molecular weight is 430 g/mol. The Bertz CT molecular complexity index is 1030. The van der Waals surface area contributed by atoms with E-state index >= 15 is 0 Å². The quantitative estimate of drug-likeness (QED) is 0.502. The van der Waals surface area contributed by atoms with Gasteiger partial charge in [-0.05, 0) is 17.3 Å². The van der Waals surface area contributed by atoms with Gasteiger partial charge in [-0.25, -0.2) is 13.4 Å². The first kappa shape index (κ1) is 23.2. The zero-order valence-corrected chi connectivity index (χ0v) is 17.0. The molecule has 3 heterocycles. The van der Waals surface area contributed by atoms with Crippen LogP contribution in [-0.2, 0) is 19.6 Å². The summed E-state index contributed by atoms with van der Waals surface area (Å²) in [5, 5.41) is 5.27. The minimum atomic E-state index is -4.52. The summed E-state index contributed by atoms with van der Waals surface area (Å²) in [6, 6.07) is 3.00. The molecular weight excluding hydrogens is 415 g/mol. The van der Waals surface area contributed by atoms with Crippen molar-refractivity contribution in [2.45, 2.75) is 5.03 Å². The van der Waals surface area contributed by atoms with Crippen LogP contribution in [0.2, 0.25) is 0 Å². The van der Waals surface area contributed by atoms with Gasteiger partial charge in [0.05, 0.1) is 25.8 Å². The molecule has 2 aromatic rings. The molecule has 154 valence electrons. The monoisotopic (exact) mass is 430 g/mol. The van der Waals surface area contributed by atoms with E-state index < -0.39 is 21.1 Å². The average Bonchev–Trinajstić information content (AvgIpc) is 2.73. The molecule has 2 aromatic heterocycles. The van der Waals surface area contributed by atoms with Crippen LogP contribution in [0.1, 0.15) is 5.56 Å². The van der Waals surface area contributed by atoms with Gasteiger partial charge >= 0.3 is 18.9 Å². The number of nitrogens with one attached hydrogen (secondary N) is 1. The van der Waals surface area contributed by atoms with Gasteiger partial charge in [0.2, 0.25) is 21.8 Å². The third-order valence-electron chi connectivity index (χ3n) is 3.33. The molecule has 0 bridgehead atoms. The Morgan fingerprint density at radius 1 is 1.20 bits per heavy atom. The molecule has 15 heteroatoms. The van der Waals surface area contributed by atoms with Crippen molar-refractivity contribution in [3.05, 3.63) is 34.7 Å². The van der Waals surface area contributed by atoms with Crippen LogP contribution in [0.4, 0.5) is 10.7 Å². The van der Waals surface area contributed by atoms with E-state index in [0.717, 1.165) is 0 Å². The fraction of sp³-hybridized carbons (Fsp3) is 0.267. The summed E-state index contributed by atoms with van der Waals surface area (Å²) in [6.45, 7) is 0.405. The molecule has 0 saturated carbocycles. The molecule has 1 aliphatic heterocycles. The number of oxime groups is 1. The number of hydrogen-bond donors (Lipinski definition) is 1. The fourth-order valence-electron chi connectivity index (χ4n) is 2.13. The number of pyridine rings is 1. The first-order valence-corrected chi connectivity index (χ1v) is 9.41. The Morgan fingerprint density at radius 3 is 2.50 bits per heavy atom. The van der Waals surface area contributed by atoms with E-state index in [0.29, 0.717) is 0 Å². The second kappa shape index (κ2) is 10.1. The van der Waals surface area contributed by atoms with Crippen LogP contribution in [-0.4, -0.2) is 62.7 Å². The van der Waals surface area contributed by atoms with Crippen LogP contribution in [0.5, 0.6) is 11.8 Å². The summed E-state index contributed by atoms with van der Waals surface area (Å²) in [7, 11) is -1.82. The molecule has 1 N–H and O–H groups in total. The first-order valence-electron chi connectivity index (χ1n) is 7.97. The number of aromatic nitrogens is 3. The molecule has 0 aliphatic carbocycles. The Hall–Kier alpha value is -3.08. The zero-order valence-electron chi connectivity index (χ0n) is 16.2. The molecule has 13 nitrogen and oxygen atoms in total. The van der Waals surface area contributed by atoms with Gasteiger partial charge in [0, 0.05) is 6.20 Å². The van der Waals surface area contributed by atoms with Crippen LogP contribution in [0.3, 0.4) is 0 Å². The zero-order chi connectivity index (χ0) is 20.9. The second-order valence-corrected chi connectivity index (χ2v) is 6.73. The number of nitrogens with zero attached hydrogens (tertiary/aromatic N) is 5. The molecule has 0 aromatic carbocycles. The number of methoxy groups -OCH3 is 2. The van der Waals surface area contributed by atoms with E-state index in [4.69, 9.17) is 19.0 Å². The summed E-state index contributed by atoms with van der Waals surface area (Å²) >= 11 is 0. The van der Waals surface area contributed by atoms with Gasteiger partial charge in [-0.1, -0.05) is 0 Å². The van der Waals surface area contributed by atoms with E-state index in [1.807, 2.05) is 0 Å². The molecule has 0 spiro atoms. The standard InChI is InChI=1S/C15H16N6O7S.Li/c1-25-10-8-11(26-2)18-14(17-10)19-15(22)21-29(23,24)13-9(4-3-5-16-13)12-20-28-7-6-27-12;/h3-5,8H,6-7H2,1-2H3,(H2,17,18,19,21,22);/q;+1/p-1. The van der Waals surface area contributed by atoms with Crippen molar-refractivity contribution in [1.29, 1.82) is 0 Å². The van der Waals surface area contributed by atoms with Gasteiger partial charge in [-0.2, -0.15) is 9.97 Å². The predicted molar refractivity (Wildman–Crippen MR) is 97.4 cm³/mol. The van der Waals surface area contributed by atoms with Gasteiger partial charge in [0.1, 0.15) is 6.61 Å². The molecule has 0 atom stereocenters. The number of anilines is 1. The number of carbonyl (C=O) groups excluding carboxylic acids is 1. The number of amides is 2. The maximum Gasteiger partial charge on any atom is 1.00 e. The van der Waals surface area contributed by atoms with Crippen molar-refractivity contribution < 1.29 is 51.1 Å². The topological polar surface area (TPSA) is 165 Å².